The number of carbonyl (C=O) groups is 2. The van der Waals surface area contributed by atoms with Crippen LogP contribution in [0, 0.1) is 0 Å². The maximum atomic E-state index is 12.5. The lowest BCUT2D eigenvalue weighted by atomic mass is 10.1. The third kappa shape index (κ3) is 12.3. The van der Waals surface area contributed by atoms with Gasteiger partial charge in [-0.2, -0.15) is 0 Å². The lowest BCUT2D eigenvalue weighted by Crippen LogP contribution is -2.45. The van der Waals surface area contributed by atoms with Crippen LogP contribution in [0.3, 0.4) is 0 Å². The quantitative estimate of drug-likeness (QED) is 0.220. The molecule has 0 N–H and O–H groups in total. The van der Waals surface area contributed by atoms with Gasteiger partial charge < -0.3 is 9.45 Å². The predicted octanol–water partition coefficient (Wildman–Crippen LogP) is 4.88. The number of amides is 3. The molecule has 148 valence electrons. The van der Waals surface area contributed by atoms with E-state index in [1.807, 2.05) is 0 Å². The minimum atomic E-state index is -1.60. The lowest BCUT2D eigenvalue weighted by molar-refractivity contribution is -0.112. The number of unbranched alkanes of at least 4 members (excludes halogenated alkanes) is 10. The summed E-state index contributed by atoms with van der Waals surface area (Å²) in [4.78, 5) is 25.3. The zero-order valence-corrected chi connectivity index (χ0v) is 17.3. The van der Waals surface area contributed by atoms with Crippen LogP contribution < -0.4 is 0 Å². The second kappa shape index (κ2) is 16.7. The molecule has 25 heavy (non-hydrogen) atoms. The van der Waals surface area contributed by atoms with E-state index in [2.05, 4.69) is 13.8 Å². The van der Waals surface area contributed by atoms with Gasteiger partial charge in [-0.3, -0.25) is 4.79 Å². The van der Waals surface area contributed by atoms with Crippen molar-refractivity contribution in [3.05, 3.63) is 0 Å². The Kier molecular flexibility index (Phi) is 16.2. The highest BCUT2D eigenvalue weighted by Crippen LogP contribution is 2.11. The summed E-state index contributed by atoms with van der Waals surface area (Å²) < 4.78 is 12.4. The van der Waals surface area contributed by atoms with Crippen LogP contribution in [-0.2, 0) is 16.2 Å². The van der Waals surface area contributed by atoms with Crippen molar-refractivity contribution in [2.24, 2.45) is 0 Å². The summed E-state index contributed by atoms with van der Waals surface area (Å²) in [6, 6.07) is -0.419. The number of carbonyl (C=O) groups excluding carboxylic acids is 2. The minimum absolute atomic E-state index is 0.383. The van der Waals surface area contributed by atoms with E-state index >= 15 is 0 Å². The van der Waals surface area contributed by atoms with Gasteiger partial charge in [0.25, 0.3) is 6.41 Å². The van der Waals surface area contributed by atoms with E-state index in [0.717, 1.165) is 30.0 Å². The molecule has 0 aliphatic rings. The maximum absolute atomic E-state index is 12.5. The molecule has 0 fully saturated rings. The first kappa shape index (κ1) is 24.2. The molecule has 6 heteroatoms. The number of nitrogens with zero attached hydrogens (tertiary/aromatic N) is 2. The summed E-state index contributed by atoms with van der Waals surface area (Å²) in [5.74, 6) is 0. The van der Waals surface area contributed by atoms with Gasteiger partial charge in [-0.05, 0) is 12.8 Å². The average molecular weight is 375 g/mol. The topological polar surface area (TPSA) is 63.7 Å². The van der Waals surface area contributed by atoms with Crippen LogP contribution in [0.15, 0.2) is 0 Å². The second-order valence-corrected chi connectivity index (χ2v) is 7.90. The summed E-state index contributed by atoms with van der Waals surface area (Å²) in [6.45, 7) is 5.67. The Morgan fingerprint density at radius 3 is 1.60 bits per heavy atom. The van der Waals surface area contributed by atoms with E-state index in [1.54, 1.807) is 4.90 Å². The first-order valence-corrected chi connectivity index (χ1v) is 11.5. The molecule has 0 spiro atoms. The molecule has 0 saturated heterocycles. The third-order valence-corrected chi connectivity index (χ3v) is 5.19. The van der Waals surface area contributed by atoms with E-state index in [1.165, 1.54) is 57.6 Å². The fourth-order valence-electron chi connectivity index (χ4n) is 2.82. The van der Waals surface area contributed by atoms with Crippen LogP contribution in [-0.4, -0.2) is 45.5 Å². The van der Waals surface area contributed by atoms with Gasteiger partial charge >= 0.3 is 6.03 Å². The molecular formula is C19H38N2O3S. The highest BCUT2D eigenvalue weighted by atomic mass is 32.2. The fraction of sp³-hybridized carbons (Fsp3) is 0.895. The van der Waals surface area contributed by atoms with E-state index in [9.17, 15) is 14.1 Å². The van der Waals surface area contributed by atoms with E-state index in [0.29, 0.717) is 19.5 Å². The maximum Gasteiger partial charge on any atom is 0.368 e. The smallest absolute Gasteiger partial charge is 0.368 e. The van der Waals surface area contributed by atoms with Gasteiger partial charge in [-0.15, -0.1) is 0 Å². The van der Waals surface area contributed by atoms with Gasteiger partial charge in [-0.1, -0.05) is 82.4 Å². The van der Waals surface area contributed by atoms with Gasteiger partial charge in [0.2, 0.25) is 0 Å². The van der Waals surface area contributed by atoms with Crippen LogP contribution in [0.4, 0.5) is 4.79 Å². The summed E-state index contributed by atoms with van der Waals surface area (Å²) in [5.41, 5.74) is 0. The first-order valence-electron chi connectivity index (χ1n) is 9.95. The van der Waals surface area contributed by atoms with E-state index in [-0.39, 0.29) is 0 Å². The molecule has 1 atom stereocenters. The molecule has 0 bridgehead atoms. The number of hydrogen-bond donors (Lipinski definition) is 0. The zero-order valence-electron chi connectivity index (χ0n) is 16.5. The summed E-state index contributed by atoms with van der Waals surface area (Å²) in [6.07, 6.45) is 15.6. The third-order valence-electron chi connectivity index (χ3n) is 4.39. The molecule has 0 aliphatic carbocycles. The lowest BCUT2D eigenvalue weighted by Gasteiger charge is -2.26. The predicted molar refractivity (Wildman–Crippen MR) is 106 cm³/mol. The molecule has 0 aromatic rings. The van der Waals surface area contributed by atoms with Crippen LogP contribution in [0.25, 0.3) is 0 Å². The molecule has 0 heterocycles. The first-order chi connectivity index (χ1) is 12.1. The van der Waals surface area contributed by atoms with Crippen molar-refractivity contribution < 1.29 is 14.1 Å². The fourth-order valence-corrected chi connectivity index (χ4v) is 3.28. The van der Waals surface area contributed by atoms with Crippen molar-refractivity contribution in [3.63, 3.8) is 0 Å². The second-order valence-electron chi connectivity index (χ2n) is 6.66. The van der Waals surface area contributed by atoms with Gasteiger partial charge in [0.15, 0.2) is 0 Å². The van der Waals surface area contributed by atoms with Crippen molar-refractivity contribution in [3.8, 4) is 0 Å². The molecule has 5 nitrogen and oxygen atoms in total. The highest BCUT2D eigenvalue weighted by Gasteiger charge is 2.27. The van der Waals surface area contributed by atoms with Crippen molar-refractivity contribution in [1.82, 2.24) is 9.21 Å². The SMILES string of the molecule is CCCCCCCCN(CCCCCCCC)C(=O)N(C=O)[S+](C)[O-]. The van der Waals surface area contributed by atoms with E-state index in [4.69, 9.17) is 0 Å². The standard InChI is InChI=1S/C19H38N2O3S/c1-4-6-8-10-12-14-16-20(17-15-13-11-9-7-5-2)19(23)21(18-22)25(3)24/h18H,4-17H2,1-3H3. The minimum Gasteiger partial charge on any atom is -0.593 e. The Hall–Kier alpha value is -0.750. The number of hydrogen-bond acceptors (Lipinski definition) is 3. The molecule has 0 aromatic carbocycles. The molecule has 0 saturated carbocycles. The Balaban J connectivity index is 4.34. The van der Waals surface area contributed by atoms with Gasteiger partial charge in [0.05, 0.1) is 11.4 Å². The van der Waals surface area contributed by atoms with Crippen LogP contribution in [0.2, 0.25) is 0 Å². The van der Waals surface area contributed by atoms with Crippen molar-refractivity contribution in [2.45, 2.75) is 90.9 Å². The van der Waals surface area contributed by atoms with Gasteiger partial charge in [-0.25, -0.2) is 4.79 Å². The van der Waals surface area contributed by atoms with Gasteiger partial charge in [0.1, 0.15) is 6.26 Å². The average Bonchev–Trinajstić information content (AvgIpc) is 2.59. The molecule has 0 rings (SSSR count). The summed E-state index contributed by atoms with van der Waals surface area (Å²) in [7, 11) is 0. The molecule has 3 amide bonds. The normalized spacial score (nSPS) is 12.0. The number of imide groups is 1. The Bertz CT molecular complexity index is 325. The van der Waals surface area contributed by atoms with Crippen molar-refractivity contribution in [2.75, 3.05) is 19.3 Å². The largest absolute Gasteiger partial charge is 0.593 e. The van der Waals surface area contributed by atoms with Crippen molar-refractivity contribution in [1.29, 1.82) is 0 Å². The molecule has 0 aromatic heterocycles. The Morgan fingerprint density at radius 2 is 1.24 bits per heavy atom. The number of urea groups is 1. The Labute approximate surface area is 157 Å². The zero-order chi connectivity index (χ0) is 18.9. The van der Waals surface area contributed by atoms with Crippen LogP contribution >= 0.6 is 0 Å². The molecule has 0 radical (unpaired) electrons. The number of rotatable bonds is 16. The Morgan fingerprint density at radius 1 is 0.840 bits per heavy atom. The molecule has 0 aliphatic heterocycles. The van der Waals surface area contributed by atoms with Crippen molar-refractivity contribution >= 4 is 23.8 Å². The monoisotopic (exact) mass is 374 g/mol. The van der Waals surface area contributed by atoms with Gasteiger partial charge in [0, 0.05) is 13.1 Å². The summed E-state index contributed by atoms with van der Waals surface area (Å²) in [5, 5.41) is 0. The van der Waals surface area contributed by atoms with E-state index < -0.39 is 17.4 Å². The van der Waals surface area contributed by atoms with Crippen LogP contribution in [0.1, 0.15) is 90.9 Å². The highest BCUT2D eigenvalue weighted by molar-refractivity contribution is 7.89. The van der Waals surface area contributed by atoms with Crippen LogP contribution in [0.5, 0.6) is 0 Å². The molecule has 1 unspecified atom stereocenters. The summed E-state index contributed by atoms with van der Waals surface area (Å²) >= 11 is -1.60. The molecular weight excluding hydrogens is 336 g/mol.